The van der Waals surface area contributed by atoms with Gasteiger partial charge in [-0.1, -0.05) is 6.92 Å². The highest BCUT2D eigenvalue weighted by Crippen LogP contribution is 2.16. The van der Waals surface area contributed by atoms with Crippen LogP contribution < -0.4 is 5.32 Å². The second-order valence-corrected chi connectivity index (χ2v) is 6.41. The van der Waals surface area contributed by atoms with Gasteiger partial charge in [0.1, 0.15) is 0 Å². The first-order valence-corrected chi connectivity index (χ1v) is 7.21. The van der Waals surface area contributed by atoms with Crippen molar-refractivity contribution in [3.05, 3.63) is 0 Å². The van der Waals surface area contributed by atoms with E-state index in [1.54, 1.807) is 14.2 Å². The van der Waals surface area contributed by atoms with E-state index in [2.05, 4.69) is 12.2 Å². The predicted molar refractivity (Wildman–Crippen MR) is 64.3 cm³/mol. The quantitative estimate of drug-likeness (QED) is 0.351. The third-order valence-electron chi connectivity index (χ3n) is 2.35. The van der Waals surface area contributed by atoms with E-state index in [-0.39, 0.29) is 0 Å². The fourth-order valence-corrected chi connectivity index (χ4v) is 3.12. The number of nitrogens with one attached hydrogen (secondary N) is 1. The van der Waals surface area contributed by atoms with Crippen molar-refractivity contribution < 1.29 is 13.6 Å². The Morgan fingerprint density at radius 2 is 1.93 bits per heavy atom. The maximum atomic E-state index is 5.33. The van der Waals surface area contributed by atoms with E-state index >= 15 is 0 Å². The highest BCUT2D eigenvalue weighted by Gasteiger charge is 2.18. The Balaban J connectivity index is 3.33. The highest BCUT2D eigenvalue weighted by molar-refractivity contribution is 6.46. The second-order valence-electron chi connectivity index (χ2n) is 3.60. The molecule has 1 unspecified atom stereocenters. The molecule has 0 spiro atoms. The lowest BCUT2D eigenvalue weighted by atomic mass is 10.2. The van der Waals surface area contributed by atoms with Crippen LogP contribution >= 0.6 is 0 Å². The van der Waals surface area contributed by atoms with Crippen LogP contribution in [0.5, 0.6) is 0 Å². The average Bonchev–Trinajstić information content (AvgIpc) is 2.25. The standard InChI is InChI=1S/C10H25NO3Si/c1-5-14-9-11-8-6-7-10(2)15(12-3)13-4/h10-11,15H,5-9H2,1-4H3. The van der Waals surface area contributed by atoms with Gasteiger partial charge in [-0.2, -0.15) is 0 Å². The molecular weight excluding hydrogens is 210 g/mol. The number of hydrogen-bond donors (Lipinski definition) is 1. The van der Waals surface area contributed by atoms with Gasteiger partial charge in [0.05, 0.1) is 6.73 Å². The summed E-state index contributed by atoms with van der Waals surface area (Å²) in [4.78, 5) is 0. The van der Waals surface area contributed by atoms with Crippen molar-refractivity contribution in [2.75, 3.05) is 34.1 Å². The SMILES string of the molecule is CCOCNCCCC(C)[SiH](OC)OC. The Morgan fingerprint density at radius 3 is 2.47 bits per heavy atom. The molecule has 1 N–H and O–H groups in total. The molecule has 0 heterocycles. The van der Waals surface area contributed by atoms with Crippen LogP contribution in [0, 0.1) is 0 Å². The van der Waals surface area contributed by atoms with Crippen LogP contribution in [0.4, 0.5) is 0 Å². The molecule has 0 saturated heterocycles. The van der Waals surface area contributed by atoms with Crippen LogP contribution in [-0.4, -0.2) is 43.4 Å². The van der Waals surface area contributed by atoms with Gasteiger partial charge in [0.2, 0.25) is 0 Å². The van der Waals surface area contributed by atoms with Crippen molar-refractivity contribution >= 4 is 9.28 Å². The van der Waals surface area contributed by atoms with Crippen LogP contribution in [0.15, 0.2) is 0 Å². The summed E-state index contributed by atoms with van der Waals surface area (Å²) in [6.07, 6.45) is 2.29. The molecule has 5 heteroatoms. The van der Waals surface area contributed by atoms with Gasteiger partial charge in [0.25, 0.3) is 0 Å². The number of hydrogen-bond acceptors (Lipinski definition) is 4. The van der Waals surface area contributed by atoms with Gasteiger partial charge in [0.15, 0.2) is 0 Å². The second kappa shape index (κ2) is 10.6. The highest BCUT2D eigenvalue weighted by atomic mass is 28.3. The summed E-state index contributed by atoms with van der Waals surface area (Å²) in [6.45, 7) is 6.62. The minimum atomic E-state index is -1.41. The first-order valence-electron chi connectivity index (χ1n) is 5.60. The maximum absolute atomic E-state index is 5.33. The van der Waals surface area contributed by atoms with E-state index in [9.17, 15) is 0 Å². The third kappa shape index (κ3) is 7.93. The van der Waals surface area contributed by atoms with Gasteiger partial charge in [0, 0.05) is 20.8 Å². The van der Waals surface area contributed by atoms with Crippen molar-refractivity contribution in [1.82, 2.24) is 5.32 Å². The maximum Gasteiger partial charge on any atom is 0.323 e. The molecule has 0 amide bonds. The summed E-state index contributed by atoms with van der Waals surface area (Å²) in [7, 11) is 2.07. The average molecular weight is 235 g/mol. The number of rotatable bonds is 10. The van der Waals surface area contributed by atoms with Crippen molar-refractivity contribution in [2.24, 2.45) is 0 Å². The van der Waals surface area contributed by atoms with E-state index < -0.39 is 9.28 Å². The van der Waals surface area contributed by atoms with Crippen LogP contribution in [0.25, 0.3) is 0 Å². The normalized spacial score (nSPS) is 13.4. The molecule has 92 valence electrons. The molecule has 0 aromatic carbocycles. The van der Waals surface area contributed by atoms with Gasteiger partial charge >= 0.3 is 9.28 Å². The Hall–Kier alpha value is 0.0569. The summed E-state index contributed by atoms with van der Waals surface area (Å²) in [5.74, 6) is 0. The van der Waals surface area contributed by atoms with E-state index in [1.165, 1.54) is 0 Å². The monoisotopic (exact) mass is 235 g/mol. The van der Waals surface area contributed by atoms with Gasteiger partial charge in [-0.05, 0) is 31.9 Å². The van der Waals surface area contributed by atoms with E-state index in [0.717, 1.165) is 26.0 Å². The van der Waals surface area contributed by atoms with Gasteiger partial charge in [-0.15, -0.1) is 0 Å². The lowest BCUT2D eigenvalue weighted by molar-refractivity contribution is 0.128. The van der Waals surface area contributed by atoms with E-state index in [1.807, 2.05) is 6.92 Å². The Bertz CT molecular complexity index is 134. The molecule has 4 nitrogen and oxygen atoms in total. The molecule has 0 aromatic rings. The van der Waals surface area contributed by atoms with Gasteiger partial charge in [-0.25, -0.2) is 0 Å². The minimum absolute atomic E-state index is 0.564. The molecule has 0 fully saturated rings. The molecule has 0 aliphatic heterocycles. The zero-order chi connectivity index (χ0) is 11.5. The summed E-state index contributed by atoms with van der Waals surface area (Å²) in [5, 5.41) is 3.23. The van der Waals surface area contributed by atoms with Crippen molar-refractivity contribution in [2.45, 2.75) is 32.2 Å². The molecule has 0 rings (SSSR count). The van der Waals surface area contributed by atoms with Crippen molar-refractivity contribution in [3.8, 4) is 0 Å². The van der Waals surface area contributed by atoms with Gasteiger partial charge < -0.3 is 13.6 Å². The van der Waals surface area contributed by atoms with Crippen molar-refractivity contribution in [1.29, 1.82) is 0 Å². The van der Waals surface area contributed by atoms with Crippen LogP contribution in [0.1, 0.15) is 26.7 Å². The summed E-state index contributed by atoms with van der Waals surface area (Å²) >= 11 is 0. The van der Waals surface area contributed by atoms with Crippen LogP contribution in [-0.2, 0) is 13.6 Å². The molecule has 0 aliphatic rings. The van der Waals surface area contributed by atoms with E-state index in [4.69, 9.17) is 13.6 Å². The summed E-state index contributed by atoms with van der Waals surface area (Å²) < 4.78 is 15.8. The summed E-state index contributed by atoms with van der Waals surface area (Å²) in [5.41, 5.74) is 0.564. The molecule has 0 radical (unpaired) electrons. The van der Waals surface area contributed by atoms with Crippen LogP contribution in [0.3, 0.4) is 0 Å². The third-order valence-corrected chi connectivity index (χ3v) is 4.54. The lowest BCUT2D eigenvalue weighted by Gasteiger charge is -2.18. The Labute approximate surface area is 95.1 Å². The van der Waals surface area contributed by atoms with Crippen LogP contribution in [0.2, 0.25) is 5.54 Å². The molecule has 0 bridgehead atoms. The Morgan fingerprint density at radius 1 is 1.27 bits per heavy atom. The zero-order valence-electron chi connectivity index (χ0n) is 10.4. The zero-order valence-corrected chi connectivity index (χ0v) is 11.6. The first kappa shape index (κ1) is 15.1. The fraction of sp³-hybridized carbons (Fsp3) is 1.00. The smallest absolute Gasteiger partial charge is 0.323 e. The fourth-order valence-electron chi connectivity index (χ4n) is 1.49. The lowest BCUT2D eigenvalue weighted by Crippen LogP contribution is -2.26. The predicted octanol–water partition coefficient (Wildman–Crippen LogP) is 1.25. The van der Waals surface area contributed by atoms with Crippen molar-refractivity contribution in [3.63, 3.8) is 0 Å². The molecule has 0 aliphatic carbocycles. The Kier molecular flexibility index (Phi) is 10.6. The molecule has 1 atom stereocenters. The minimum Gasteiger partial charge on any atom is -0.400 e. The summed E-state index contributed by atoms with van der Waals surface area (Å²) in [6, 6.07) is 0. The largest absolute Gasteiger partial charge is 0.400 e. The topological polar surface area (TPSA) is 39.7 Å². The molecule has 0 aromatic heterocycles. The first-order chi connectivity index (χ1) is 7.26. The molecule has 0 saturated carbocycles. The number of ether oxygens (including phenoxy) is 1. The van der Waals surface area contributed by atoms with E-state index in [0.29, 0.717) is 12.3 Å². The van der Waals surface area contributed by atoms with Gasteiger partial charge in [-0.3, -0.25) is 5.32 Å². The molecule has 15 heavy (non-hydrogen) atoms. The molecular formula is C10H25NO3Si.